The molecule has 4 nitrogen and oxygen atoms in total. The second kappa shape index (κ2) is 8.30. The summed E-state index contributed by atoms with van der Waals surface area (Å²) in [5.41, 5.74) is 0.184. The summed E-state index contributed by atoms with van der Waals surface area (Å²) in [6.07, 6.45) is 8.64. The van der Waals surface area contributed by atoms with E-state index in [2.05, 4.69) is 47.6 Å². The molecule has 4 heteroatoms. The smallest absolute Gasteiger partial charge is 0.0849 e. The first-order valence-corrected chi connectivity index (χ1v) is 14.0. The average molecular weight is 477 g/mol. The van der Waals surface area contributed by atoms with Crippen LogP contribution in [-0.4, -0.2) is 44.3 Å². The maximum atomic E-state index is 11.9. The predicted octanol–water partition coefficient (Wildman–Crippen LogP) is 5.47. The Balaban J connectivity index is 1.63. The standard InChI is InChI=1S/C30H52O4/c1-18(9-13-24(32)27(4,5)34)19-15-16-28(6)22-12-10-20-21(11-14-23(31)26(20,2)3)30(22,8)25(33)17-29(19,28)7/h10,18-19,21-25,31-34H,9,11-17H2,1-8H3/t18?,19?,21?,22?,23-,24?,25-,28-,29+,30-/m0/s1. The van der Waals surface area contributed by atoms with E-state index in [-0.39, 0.29) is 33.9 Å². The number of fused-ring (bicyclic) bond motifs is 5. The topological polar surface area (TPSA) is 80.9 Å². The highest BCUT2D eigenvalue weighted by molar-refractivity contribution is 5.31. The van der Waals surface area contributed by atoms with Crippen molar-refractivity contribution in [2.75, 3.05) is 0 Å². The lowest BCUT2D eigenvalue weighted by molar-refractivity contribution is -0.204. The first-order chi connectivity index (χ1) is 15.5. The molecular weight excluding hydrogens is 424 g/mol. The maximum absolute atomic E-state index is 11.9. The van der Waals surface area contributed by atoms with E-state index in [1.165, 1.54) is 18.4 Å². The molecule has 0 aliphatic heterocycles. The molecule has 4 aliphatic carbocycles. The highest BCUT2D eigenvalue weighted by Gasteiger charge is 2.70. The van der Waals surface area contributed by atoms with Crippen LogP contribution in [0.4, 0.5) is 0 Å². The van der Waals surface area contributed by atoms with Crippen molar-refractivity contribution in [1.29, 1.82) is 0 Å². The number of hydrogen-bond acceptors (Lipinski definition) is 4. The van der Waals surface area contributed by atoms with Crippen molar-refractivity contribution in [3.05, 3.63) is 11.6 Å². The van der Waals surface area contributed by atoms with Crippen LogP contribution in [0.5, 0.6) is 0 Å². The molecule has 5 unspecified atom stereocenters. The summed E-state index contributed by atoms with van der Waals surface area (Å²) in [6, 6.07) is 0. The van der Waals surface area contributed by atoms with E-state index >= 15 is 0 Å². The van der Waals surface area contributed by atoms with E-state index in [1.54, 1.807) is 13.8 Å². The SMILES string of the molecule is CC(CCC(O)C(C)(C)O)C1CC[C@@]2(C)C3CC=C4C(CC[C@H](O)C4(C)C)[C@]3(C)[C@@H](O)C[C@]12C. The van der Waals surface area contributed by atoms with Gasteiger partial charge in [0.05, 0.1) is 23.9 Å². The first-order valence-electron chi connectivity index (χ1n) is 14.0. The van der Waals surface area contributed by atoms with E-state index < -0.39 is 11.7 Å². The van der Waals surface area contributed by atoms with Gasteiger partial charge in [-0.25, -0.2) is 0 Å². The highest BCUT2D eigenvalue weighted by atomic mass is 16.3. The minimum absolute atomic E-state index is 0.0603. The molecule has 34 heavy (non-hydrogen) atoms. The zero-order chi connectivity index (χ0) is 25.5. The van der Waals surface area contributed by atoms with Gasteiger partial charge < -0.3 is 20.4 Å². The molecule has 0 heterocycles. The Kier molecular flexibility index (Phi) is 6.50. The van der Waals surface area contributed by atoms with E-state index in [0.29, 0.717) is 30.1 Å². The van der Waals surface area contributed by atoms with Crippen LogP contribution in [0.15, 0.2) is 11.6 Å². The van der Waals surface area contributed by atoms with Crippen molar-refractivity contribution in [2.24, 2.45) is 45.3 Å². The van der Waals surface area contributed by atoms with Crippen molar-refractivity contribution < 1.29 is 20.4 Å². The lowest BCUT2D eigenvalue weighted by Crippen LogP contribution is -2.64. The van der Waals surface area contributed by atoms with Gasteiger partial charge >= 0.3 is 0 Å². The van der Waals surface area contributed by atoms with Crippen LogP contribution in [0.25, 0.3) is 0 Å². The van der Waals surface area contributed by atoms with Crippen molar-refractivity contribution >= 4 is 0 Å². The minimum atomic E-state index is -1.07. The number of aliphatic hydroxyl groups excluding tert-OH is 3. The van der Waals surface area contributed by atoms with Crippen LogP contribution in [-0.2, 0) is 0 Å². The first kappa shape index (κ1) is 26.6. The number of rotatable bonds is 5. The fourth-order valence-electron chi connectivity index (χ4n) is 9.64. The van der Waals surface area contributed by atoms with Gasteiger partial charge in [-0.05, 0) is 99.7 Å². The van der Waals surface area contributed by atoms with Crippen molar-refractivity contribution in [1.82, 2.24) is 0 Å². The van der Waals surface area contributed by atoms with Crippen molar-refractivity contribution in [3.8, 4) is 0 Å². The molecule has 0 aromatic heterocycles. The number of allylic oxidation sites excluding steroid dienone is 1. The van der Waals surface area contributed by atoms with E-state index in [9.17, 15) is 20.4 Å². The van der Waals surface area contributed by atoms with Gasteiger partial charge in [-0.3, -0.25) is 0 Å². The molecule has 0 saturated heterocycles. The van der Waals surface area contributed by atoms with Crippen molar-refractivity contribution in [3.63, 3.8) is 0 Å². The summed E-state index contributed by atoms with van der Waals surface area (Å²) >= 11 is 0. The van der Waals surface area contributed by atoms with Gasteiger partial charge in [-0.1, -0.05) is 53.2 Å². The summed E-state index contributed by atoms with van der Waals surface area (Å²) in [5, 5.41) is 43.3. The summed E-state index contributed by atoms with van der Waals surface area (Å²) in [7, 11) is 0. The zero-order valence-corrected chi connectivity index (χ0v) is 23.1. The third-order valence-electron chi connectivity index (χ3n) is 12.4. The molecule has 0 aromatic carbocycles. The summed E-state index contributed by atoms with van der Waals surface area (Å²) in [4.78, 5) is 0. The molecule has 4 N–H and O–H groups in total. The number of aliphatic hydroxyl groups is 4. The highest BCUT2D eigenvalue weighted by Crippen LogP contribution is 2.74. The Morgan fingerprint density at radius 2 is 1.62 bits per heavy atom. The Morgan fingerprint density at radius 3 is 2.24 bits per heavy atom. The van der Waals surface area contributed by atoms with Crippen molar-refractivity contribution in [2.45, 2.75) is 131 Å². The fraction of sp³-hybridized carbons (Fsp3) is 0.933. The maximum Gasteiger partial charge on any atom is 0.0849 e. The molecule has 0 aromatic rings. The molecule has 0 bridgehead atoms. The molecule has 4 rings (SSSR count). The van der Waals surface area contributed by atoms with Crippen LogP contribution in [0, 0.1) is 45.3 Å². The summed E-state index contributed by atoms with van der Waals surface area (Å²) < 4.78 is 0. The largest absolute Gasteiger partial charge is 0.393 e. The lowest BCUT2D eigenvalue weighted by atomic mass is 9.38. The van der Waals surface area contributed by atoms with Gasteiger partial charge in [0.25, 0.3) is 0 Å². The van der Waals surface area contributed by atoms with E-state index in [1.807, 2.05) is 0 Å². The molecule has 3 fully saturated rings. The Hall–Kier alpha value is -0.420. The summed E-state index contributed by atoms with van der Waals surface area (Å²) in [5.74, 6) is 1.74. The van der Waals surface area contributed by atoms with Gasteiger partial charge in [-0.2, -0.15) is 0 Å². The monoisotopic (exact) mass is 476 g/mol. The van der Waals surface area contributed by atoms with Gasteiger partial charge in [0.1, 0.15) is 0 Å². The average Bonchev–Trinajstić information content (AvgIpc) is 2.99. The zero-order valence-electron chi connectivity index (χ0n) is 23.1. The quantitative estimate of drug-likeness (QED) is 0.397. The van der Waals surface area contributed by atoms with E-state index in [0.717, 1.165) is 32.1 Å². The number of hydrogen-bond donors (Lipinski definition) is 4. The molecule has 196 valence electrons. The predicted molar refractivity (Wildman–Crippen MR) is 137 cm³/mol. The van der Waals surface area contributed by atoms with Gasteiger partial charge in [0, 0.05) is 10.8 Å². The summed E-state index contributed by atoms with van der Waals surface area (Å²) in [6.45, 7) is 17.4. The van der Waals surface area contributed by atoms with Crippen LogP contribution < -0.4 is 0 Å². The minimum Gasteiger partial charge on any atom is -0.393 e. The normalized spacial score (nSPS) is 47.8. The fourth-order valence-corrected chi connectivity index (χ4v) is 9.64. The van der Waals surface area contributed by atoms with Crippen LogP contribution >= 0.6 is 0 Å². The molecular formula is C30H52O4. The van der Waals surface area contributed by atoms with Gasteiger partial charge in [0.2, 0.25) is 0 Å². The van der Waals surface area contributed by atoms with Gasteiger partial charge in [-0.15, -0.1) is 0 Å². The van der Waals surface area contributed by atoms with E-state index in [4.69, 9.17) is 0 Å². The Bertz CT molecular complexity index is 811. The van der Waals surface area contributed by atoms with Crippen LogP contribution in [0.2, 0.25) is 0 Å². The lowest BCUT2D eigenvalue weighted by Gasteiger charge is -2.67. The Labute approximate surface area is 208 Å². The second-order valence-electron chi connectivity index (χ2n) is 14.6. The van der Waals surface area contributed by atoms with Crippen LogP contribution in [0.3, 0.4) is 0 Å². The third kappa shape index (κ3) is 3.60. The molecule has 4 aliphatic rings. The van der Waals surface area contributed by atoms with Gasteiger partial charge in [0.15, 0.2) is 0 Å². The third-order valence-corrected chi connectivity index (χ3v) is 12.4. The molecule has 3 saturated carbocycles. The molecule has 0 amide bonds. The molecule has 0 spiro atoms. The Morgan fingerprint density at radius 1 is 0.971 bits per heavy atom. The van der Waals surface area contributed by atoms with Crippen LogP contribution in [0.1, 0.15) is 107 Å². The second-order valence-corrected chi connectivity index (χ2v) is 14.6. The molecule has 10 atom stereocenters. The molecule has 0 radical (unpaired) electrons.